The van der Waals surface area contributed by atoms with Crippen LogP contribution in [-0.2, 0) is 11.2 Å². The molecular formula is C19H25NO3. The van der Waals surface area contributed by atoms with Gasteiger partial charge in [-0.15, -0.1) is 6.58 Å². The molecule has 124 valence electrons. The molecule has 1 fully saturated rings. The number of benzene rings is 1. The lowest BCUT2D eigenvalue weighted by molar-refractivity contribution is -0.128. The van der Waals surface area contributed by atoms with Crippen LogP contribution >= 0.6 is 0 Å². The summed E-state index contributed by atoms with van der Waals surface area (Å²) in [5.41, 5.74) is 3.58. The number of hydrogen-bond acceptors (Lipinski definition) is 4. The molecule has 2 atom stereocenters. The van der Waals surface area contributed by atoms with Crippen molar-refractivity contribution in [1.29, 1.82) is 0 Å². The summed E-state index contributed by atoms with van der Waals surface area (Å²) >= 11 is 0. The van der Waals surface area contributed by atoms with Gasteiger partial charge in [-0.25, -0.2) is 0 Å². The Hall–Kier alpha value is -1.81. The topological polar surface area (TPSA) is 38.8 Å². The fourth-order valence-corrected chi connectivity index (χ4v) is 3.88. The number of rotatable bonds is 4. The van der Waals surface area contributed by atoms with E-state index in [0.29, 0.717) is 12.2 Å². The van der Waals surface area contributed by atoms with Crippen molar-refractivity contribution in [3.05, 3.63) is 35.4 Å². The number of fused-ring (bicyclic) bond motifs is 3. The molecule has 2 aliphatic heterocycles. The predicted octanol–water partition coefficient (Wildman–Crippen LogP) is 3.16. The Morgan fingerprint density at radius 1 is 1.30 bits per heavy atom. The third-order valence-corrected chi connectivity index (χ3v) is 5.01. The fraction of sp³-hybridized carbons (Fsp3) is 0.526. The highest BCUT2D eigenvalue weighted by atomic mass is 16.5. The van der Waals surface area contributed by atoms with Gasteiger partial charge in [0.15, 0.2) is 11.5 Å². The highest BCUT2D eigenvalue weighted by Gasteiger charge is 2.38. The van der Waals surface area contributed by atoms with E-state index in [9.17, 15) is 4.79 Å². The molecule has 4 nitrogen and oxygen atoms in total. The summed E-state index contributed by atoms with van der Waals surface area (Å²) in [6, 6.07) is 4.29. The van der Waals surface area contributed by atoms with Crippen LogP contribution in [0.25, 0.3) is 0 Å². The molecule has 1 aromatic carbocycles. The van der Waals surface area contributed by atoms with E-state index in [1.165, 1.54) is 11.1 Å². The molecular weight excluding hydrogens is 290 g/mol. The van der Waals surface area contributed by atoms with Crippen LogP contribution in [0, 0.1) is 5.92 Å². The lowest BCUT2D eigenvalue weighted by Gasteiger charge is -2.43. The Balaban J connectivity index is 1.90. The first-order chi connectivity index (χ1) is 11.0. The Morgan fingerprint density at radius 3 is 2.65 bits per heavy atom. The molecule has 0 saturated carbocycles. The Bertz CT molecular complexity index is 638. The van der Waals surface area contributed by atoms with Gasteiger partial charge in [0, 0.05) is 31.5 Å². The second-order valence-electron chi connectivity index (χ2n) is 6.70. The summed E-state index contributed by atoms with van der Waals surface area (Å²) in [7, 11) is 3.31. The molecule has 4 heteroatoms. The summed E-state index contributed by atoms with van der Waals surface area (Å²) in [4.78, 5) is 15.0. The number of methoxy groups -OCH3 is 2. The second-order valence-corrected chi connectivity index (χ2v) is 6.70. The van der Waals surface area contributed by atoms with Crippen LogP contribution in [0.4, 0.5) is 0 Å². The minimum atomic E-state index is 0.102. The molecule has 3 rings (SSSR count). The van der Waals surface area contributed by atoms with Crippen LogP contribution in [0.2, 0.25) is 0 Å². The molecule has 0 N–H and O–H groups in total. The number of carbonyl (C=O) groups is 1. The average molecular weight is 315 g/mol. The van der Waals surface area contributed by atoms with Crippen molar-refractivity contribution >= 4 is 5.78 Å². The van der Waals surface area contributed by atoms with E-state index >= 15 is 0 Å². The molecule has 1 aromatic rings. The molecule has 0 bridgehead atoms. The fourth-order valence-electron chi connectivity index (χ4n) is 3.88. The van der Waals surface area contributed by atoms with Gasteiger partial charge >= 0.3 is 0 Å². The van der Waals surface area contributed by atoms with Crippen LogP contribution in [0.5, 0.6) is 11.5 Å². The van der Waals surface area contributed by atoms with Gasteiger partial charge < -0.3 is 9.47 Å². The van der Waals surface area contributed by atoms with E-state index in [-0.39, 0.29) is 12.0 Å². The molecule has 0 radical (unpaired) electrons. The standard InChI is InChI=1S/C19H25NO3/c1-12(2)7-14-11-20-6-5-13-8-18(22-3)19(23-4)9-15(13)16(20)10-17(14)21/h8-9,14,16H,1,5-7,10-11H2,2-4H3/t14-,16+/m1/s1. The van der Waals surface area contributed by atoms with Gasteiger partial charge in [-0.1, -0.05) is 5.57 Å². The lowest BCUT2D eigenvalue weighted by Crippen LogP contribution is -2.46. The number of hydrogen-bond donors (Lipinski definition) is 0. The number of carbonyl (C=O) groups excluding carboxylic acids is 1. The van der Waals surface area contributed by atoms with Gasteiger partial charge in [0.1, 0.15) is 5.78 Å². The van der Waals surface area contributed by atoms with Crippen molar-refractivity contribution in [2.45, 2.75) is 32.2 Å². The normalized spacial score (nSPS) is 23.9. The third-order valence-electron chi connectivity index (χ3n) is 5.01. The van der Waals surface area contributed by atoms with Crippen molar-refractivity contribution in [3.63, 3.8) is 0 Å². The van der Waals surface area contributed by atoms with Gasteiger partial charge in [0.25, 0.3) is 0 Å². The lowest BCUT2D eigenvalue weighted by atomic mass is 9.81. The Morgan fingerprint density at radius 2 is 2.00 bits per heavy atom. The van der Waals surface area contributed by atoms with Gasteiger partial charge in [0.05, 0.1) is 14.2 Å². The van der Waals surface area contributed by atoms with Crippen LogP contribution in [-0.4, -0.2) is 38.0 Å². The van der Waals surface area contributed by atoms with E-state index in [1.54, 1.807) is 14.2 Å². The van der Waals surface area contributed by atoms with E-state index in [0.717, 1.165) is 43.0 Å². The molecule has 0 unspecified atom stereocenters. The quantitative estimate of drug-likeness (QED) is 0.800. The van der Waals surface area contributed by atoms with Crippen molar-refractivity contribution in [2.75, 3.05) is 27.3 Å². The van der Waals surface area contributed by atoms with E-state index < -0.39 is 0 Å². The van der Waals surface area contributed by atoms with Crippen LogP contribution in [0.1, 0.15) is 36.9 Å². The Labute approximate surface area is 138 Å². The summed E-state index contributed by atoms with van der Waals surface area (Å²) < 4.78 is 10.8. The monoisotopic (exact) mass is 315 g/mol. The van der Waals surface area contributed by atoms with E-state index in [4.69, 9.17) is 9.47 Å². The minimum Gasteiger partial charge on any atom is -0.493 e. The average Bonchev–Trinajstić information content (AvgIpc) is 2.53. The highest BCUT2D eigenvalue weighted by Crippen LogP contribution is 2.42. The van der Waals surface area contributed by atoms with Crippen molar-refractivity contribution in [1.82, 2.24) is 4.90 Å². The first-order valence-corrected chi connectivity index (χ1v) is 8.19. The van der Waals surface area contributed by atoms with Crippen molar-refractivity contribution in [2.24, 2.45) is 5.92 Å². The molecule has 23 heavy (non-hydrogen) atoms. The number of Topliss-reactive ketones (excluding diaryl/α,β-unsaturated/α-hetero) is 1. The molecule has 2 aliphatic rings. The SMILES string of the molecule is C=C(C)C[C@@H]1CN2CCc3cc(OC)c(OC)cc3[C@@H]2CC1=O. The van der Waals surface area contributed by atoms with Gasteiger partial charge in [-0.2, -0.15) is 0 Å². The Kier molecular flexibility index (Phi) is 4.44. The maximum Gasteiger partial charge on any atom is 0.161 e. The van der Waals surface area contributed by atoms with Crippen molar-refractivity contribution < 1.29 is 14.3 Å². The summed E-state index contributed by atoms with van der Waals surface area (Å²) in [5, 5.41) is 0. The van der Waals surface area contributed by atoms with Gasteiger partial charge in [-0.05, 0) is 43.0 Å². The predicted molar refractivity (Wildman–Crippen MR) is 90.1 cm³/mol. The number of ether oxygens (including phenoxy) is 2. The highest BCUT2D eigenvalue weighted by molar-refractivity contribution is 5.83. The van der Waals surface area contributed by atoms with Crippen molar-refractivity contribution in [3.8, 4) is 11.5 Å². The maximum absolute atomic E-state index is 12.5. The molecule has 2 heterocycles. The van der Waals surface area contributed by atoms with Crippen LogP contribution in [0.3, 0.4) is 0 Å². The van der Waals surface area contributed by atoms with E-state index in [2.05, 4.69) is 23.6 Å². The van der Waals surface area contributed by atoms with Gasteiger partial charge in [0.2, 0.25) is 0 Å². The van der Waals surface area contributed by atoms with Crippen LogP contribution in [0.15, 0.2) is 24.3 Å². The first-order valence-electron chi connectivity index (χ1n) is 8.19. The molecule has 1 saturated heterocycles. The summed E-state index contributed by atoms with van der Waals surface area (Å²) in [5.74, 6) is 1.97. The molecule has 0 spiro atoms. The summed E-state index contributed by atoms with van der Waals surface area (Å²) in [6.07, 6.45) is 2.38. The number of ketones is 1. The maximum atomic E-state index is 12.5. The third kappa shape index (κ3) is 3.00. The second kappa shape index (κ2) is 6.36. The van der Waals surface area contributed by atoms with Gasteiger partial charge in [-0.3, -0.25) is 9.69 Å². The largest absolute Gasteiger partial charge is 0.493 e. The zero-order chi connectivity index (χ0) is 16.6. The summed E-state index contributed by atoms with van der Waals surface area (Å²) in [6.45, 7) is 7.80. The number of piperidine rings is 1. The number of allylic oxidation sites excluding steroid dienone is 1. The van der Waals surface area contributed by atoms with Crippen LogP contribution < -0.4 is 9.47 Å². The smallest absolute Gasteiger partial charge is 0.161 e. The molecule has 0 aromatic heterocycles. The number of nitrogens with zero attached hydrogens (tertiary/aromatic N) is 1. The minimum absolute atomic E-state index is 0.102. The first kappa shape index (κ1) is 16.1. The molecule has 0 aliphatic carbocycles. The zero-order valence-corrected chi connectivity index (χ0v) is 14.2. The zero-order valence-electron chi connectivity index (χ0n) is 14.2. The van der Waals surface area contributed by atoms with E-state index in [1.807, 2.05) is 6.92 Å². The molecule has 0 amide bonds.